The normalized spacial score (nSPS) is 24.0. The van der Waals surface area contributed by atoms with Crippen LogP contribution in [0, 0.1) is 0 Å². The number of aromatic nitrogens is 1. The summed E-state index contributed by atoms with van der Waals surface area (Å²) in [5.41, 5.74) is 2.83. The minimum atomic E-state index is 0.560. The van der Waals surface area contributed by atoms with Gasteiger partial charge in [0.05, 0.1) is 0 Å². The van der Waals surface area contributed by atoms with E-state index in [-0.39, 0.29) is 0 Å². The SMILES string of the molecule is CC1CN(c2ccc(C(C)C)c(C3CC3)n2)CCN1. The Morgan fingerprint density at radius 3 is 2.74 bits per heavy atom. The van der Waals surface area contributed by atoms with E-state index in [0.29, 0.717) is 12.0 Å². The van der Waals surface area contributed by atoms with Crippen molar-refractivity contribution in [3.8, 4) is 0 Å². The third-order valence-corrected chi connectivity index (χ3v) is 4.22. The van der Waals surface area contributed by atoms with Gasteiger partial charge in [0.1, 0.15) is 5.82 Å². The lowest BCUT2D eigenvalue weighted by Gasteiger charge is -2.33. The van der Waals surface area contributed by atoms with Gasteiger partial charge in [0.15, 0.2) is 0 Å². The van der Waals surface area contributed by atoms with Crippen LogP contribution in [0.2, 0.25) is 0 Å². The highest BCUT2D eigenvalue weighted by molar-refractivity contribution is 5.45. The van der Waals surface area contributed by atoms with Crippen molar-refractivity contribution in [2.75, 3.05) is 24.5 Å². The van der Waals surface area contributed by atoms with Crippen LogP contribution in [0.25, 0.3) is 0 Å². The van der Waals surface area contributed by atoms with E-state index in [1.165, 1.54) is 29.9 Å². The van der Waals surface area contributed by atoms with Crippen LogP contribution in [0.5, 0.6) is 0 Å². The van der Waals surface area contributed by atoms with Crippen LogP contribution in [0.4, 0.5) is 5.82 Å². The molecule has 1 unspecified atom stereocenters. The average molecular weight is 259 g/mol. The zero-order chi connectivity index (χ0) is 13.4. The number of nitrogens with zero attached hydrogens (tertiary/aromatic N) is 2. The van der Waals surface area contributed by atoms with Gasteiger partial charge in [0.25, 0.3) is 0 Å². The van der Waals surface area contributed by atoms with Crippen molar-refractivity contribution in [3.05, 3.63) is 23.4 Å². The summed E-state index contributed by atoms with van der Waals surface area (Å²) >= 11 is 0. The minimum Gasteiger partial charge on any atom is -0.354 e. The molecule has 1 atom stereocenters. The summed E-state index contributed by atoms with van der Waals surface area (Å²) in [6.45, 7) is 10.00. The van der Waals surface area contributed by atoms with Gasteiger partial charge in [-0.2, -0.15) is 0 Å². The third-order valence-electron chi connectivity index (χ3n) is 4.22. The highest BCUT2D eigenvalue weighted by Crippen LogP contribution is 2.42. The summed E-state index contributed by atoms with van der Waals surface area (Å²) in [5.74, 6) is 2.50. The van der Waals surface area contributed by atoms with Gasteiger partial charge in [-0.15, -0.1) is 0 Å². The Balaban J connectivity index is 1.88. The second-order valence-corrected chi connectivity index (χ2v) is 6.37. The molecule has 2 aliphatic rings. The summed E-state index contributed by atoms with van der Waals surface area (Å²) < 4.78 is 0. The fourth-order valence-electron chi connectivity index (χ4n) is 2.96. The molecule has 0 radical (unpaired) electrons. The van der Waals surface area contributed by atoms with E-state index >= 15 is 0 Å². The molecule has 1 aliphatic carbocycles. The zero-order valence-electron chi connectivity index (χ0n) is 12.3. The van der Waals surface area contributed by atoms with E-state index in [1.54, 1.807) is 0 Å². The smallest absolute Gasteiger partial charge is 0.128 e. The fourth-order valence-corrected chi connectivity index (χ4v) is 2.96. The molecule has 1 saturated heterocycles. The maximum atomic E-state index is 5.01. The number of pyridine rings is 1. The predicted molar refractivity (Wildman–Crippen MR) is 80.0 cm³/mol. The molecule has 3 heteroatoms. The van der Waals surface area contributed by atoms with Crippen molar-refractivity contribution >= 4 is 5.82 Å². The van der Waals surface area contributed by atoms with Crippen molar-refractivity contribution in [2.45, 2.75) is 51.5 Å². The zero-order valence-corrected chi connectivity index (χ0v) is 12.3. The maximum Gasteiger partial charge on any atom is 0.128 e. The van der Waals surface area contributed by atoms with Crippen LogP contribution in [-0.2, 0) is 0 Å². The predicted octanol–water partition coefficient (Wildman–Crippen LogP) is 2.88. The molecule has 1 N–H and O–H groups in total. The first kappa shape index (κ1) is 12.9. The number of hydrogen-bond acceptors (Lipinski definition) is 3. The minimum absolute atomic E-state index is 0.560. The van der Waals surface area contributed by atoms with E-state index < -0.39 is 0 Å². The van der Waals surface area contributed by atoms with E-state index in [9.17, 15) is 0 Å². The second kappa shape index (κ2) is 5.12. The molecule has 1 saturated carbocycles. The van der Waals surface area contributed by atoms with Crippen molar-refractivity contribution in [1.82, 2.24) is 10.3 Å². The molecule has 2 fully saturated rings. The van der Waals surface area contributed by atoms with E-state index in [4.69, 9.17) is 4.98 Å². The standard InChI is InChI=1S/C16H25N3/c1-11(2)14-6-7-15(18-16(14)13-4-5-13)19-9-8-17-12(3)10-19/h6-7,11-13,17H,4-5,8-10H2,1-3H3. The average Bonchev–Trinajstić information content (AvgIpc) is 3.22. The molecule has 2 heterocycles. The Morgan fingerprint density at radius 2 is 2.11 bits per heavy atom. The molecule has 1 aliphatic heterocycles. The molecule has 19 heavy (non-hydrogen) atoms. The van der Waals surface area contributed by atoms with Crippen molar-refractivity contribution in [1.29, 1.82) is 0 Å². The van der Waals surface area contributed by atoms with Gasteiger partial charge in [0.2, 0.25) is 0 Å². The monoisotopic (exact) mass is 259 g/mol. The van der Waals surface area contributed by atoms with Gasteiger partial charge in [0, 0.05) is 37.3 Å². The Hall–Kier alpha value is -1.09. The van der Waals surface area contributed by atoms with Crippen LogP contribution in [0.3, 0.4) is 0 Å². The molecule has 1 aromatic rings. The Bertz CT molecular complexity index is 451. The summed E-state index contributed by atoms with van der Waals surface area (Å²) in [5, 5.41) is 3.49. The summed E-state index contributed by atoms with van der Waals surface area (Å²) in [7, 11) is 0. The molecule has 104 valence electrons. The van der Waals surface area contributed by atoms with Gasteiger partial charge < -0.3 is 10.2 Å². The molecule has 1 aromatic heterocycles. The molecule has 0 spiro atoms. The van der Waals surface area contributed by atoms with Crippen molar-refractivity contribution < 1.29 is 0 Å². The maximum absolute atomic E-state index is 5.01. The molecular formula is C16H25N3. The number of hydrogen-bond donors (Lipinski definition) is 1. The largest absolute Gasteiger partial charge is 0.354 e. The van der Waals surface area contributed by atoms with Crippen molar-refractivity contribution in [2.24, 2.45) is 0 Å². The van der Waals surface area contributed by atoms with Crippen LogP contribution in [0.15, 0.2) is 12.1 Å². The lowest BCUT2D eigenvalue weighted by atomic mass is 9.99. The Morgan fingerprint density at radius 1 is 1.32 bits per heavy atom. The van der Waals surface area contributed by atoms with Gasteiger partial charge >= 0.3 is 0 Å². The molecule has 3 nitrogen and oxygen atoms in total. The van der Waals surface area contributed by atoms with Crippen LogP contribution < -0.4 is 10.2 Å². The van der Waals surface area contributed by atoms with Gasteiger partial charge in [-0.1, -0.05) is 19.9 Å². The quantitative estimate of drug-likeness (QED) is 0.904. The van der Waals surface area contributed by atoms with Gasteiger partial charge in [-0.25, -0.2) is 4.98 Å². The van der Waals surface area contributed by atoms with E-state index in [2.05, 4.69) is 43.1 Å². The summed E-state index contributed by atoms with van der Waals surface area (Å²) in [6.07, 6.45) is 2.66. The summed E-state index contributed by atoms with van der Waals surface area (Å²) in [4.78, 5) is 7.44. The fraction of sp³-hybridized carbons (Fsp3) is 0.688. The topological polar surface area (TPSA) is 28.2 Å². The highest BCUT2D eigenvalue weighted by Gasteiger charge is 2.29. The van der Waals surface area contributed by atoms with Crippen LogP contribution in [-0.4, -0.2) is 30.7 Å². The molecule has 3 rings (SSSR count). The molecule has 0 aromatic carbocycles. The lowest BCUT2D eigenvalue weighted by molar-refractivity contribution is 0.482. The van der Waals surface area contributed by atoms with Crippen molar-refractivity contribution in [3.63, 3.8) is 0 Å². The van der Waals surface area contributed by atoms with Gasteiger partial charge in [-0.3, -0.25) is 0 Å². The number of piperazine rings is 1. The third kappa shape index (κ3) is 2.76. The second-order valence-electron chi connectivity index (χ2n) is 6.37. The number of nitrogens with one attached hydrogen (secondary N) is 1. The molecule has 0 amide bonds. The Kier molecular flexibility index (Phi) is 3.48. The van der Waals surface area contributed by atoms with E-state index in [1.807, 2.05) is 0 Å². The van der Waals surface area contributed by atoms with Crippen LogP contribution in [0.1, 0.15) is 56.7 Å². The first-order chi connectivity index (χ1) is 9.15. The number of rotatable bonds is 3. The molecular weight excluding hydrogens is 234 g/mol. The first-order valence-electron chi connectivity index (χ1n) is 7.64. The summed E-state index contributed by atoms with van der Waals surface area (Å²) in [6, 6.07) is 5.09. The lowest BCUT2D eigenvalue weighted by Crippen LogP contribution is -2.49. The van der Waals surface area contributed by atoms with Gasteiger partial charge in [-0.05, 0) is 37.3 Å². The van der Waals surface area contributed by atoms with Crippen LogP contribution >= 0.6 is 0 Å². The van der Waals surface area contributed by atoms with E-state index in [0.717, 1.165) is 25.6 Å². The highest BCUT2D eigenvalue weighted by atomic mass is 15.2. The molecule has 0 bridgehead atoms. The Labute approximate surface area is 116 Å². The number of anilines is 1. The first-order valence-corrected chi connectivity index (χ1v) is 7.64.